The van der Waals surface area contributed by atoms with Crippen molar-refractivity contribution in [3.63, 3.8) is 0 Å². The van der Waals surface area contributed by atoms with Crippen molar-refractivity contribution in [2.24, 2.45) is 11.1 Å². The fraction of sp³-hybridized carbons (Fsp3) is 0.833. The summed E-state index contributed by atoms with van der Waals surface area (Å²) in [5, 5.41) is 7.35. The summed E-state index contributed by atoms with van der Waals surface area (Å²) < 4.78 is 0. The van der Waals surface area contributed by atoms with Gasteiger partial charge in [0.15, 0.2) is 0 Å². The zero-order chi connectivity index (χ0) is 11.1. The van der Waals surface area contributed by atoms with Crippen LogP contribution in [0.1, 0.15) is 39.0 Å². The number of oxime groups is 1. The van der Waals surface area contributed by atoms with Crippen LogP contribution < -0.4 is 5.32 Å². The van der Waals surface area contributed by atoms with Crippen LogP contribution in [0.15, 0.2) is 5.16 Å². The van der Waals surface area contributed by atoms with Gasteiger partial charge in [-0.25, -0.2) is 0 Å². The highest BCUT2D eigenvalue weighted by molar-refractivity contribution is 5.81. The Hall–Kier alpha value is -0.700. The van der Waals surface area contributed by atoms with E-state index in [1.54, 1.807) is 0 Å². The Kier molecular flexibility index (Phi) is 5.54. The van der Waals surface area contributed by atoms with Crippen LogP contribution in [0.2, 0.25) is 0 Å². The molecule has 3 heteroatoms. The van der Waals surface area contributed by atoms with Gasteiger partial charge in [-0.15, -0.1) is 0 Å². The Labute approximate surface area is 93.3 Å². The van der Waals surface area contributed by atoms with Crippen molar-refractivity contribution < 1.29 is 4.84 Å². The second kappa shape index (κ2) is 6.72. The topological polar surface area (TPSA) is 33.6 Å². The molecular formula is C12H23N2O+. The van der Waals surface area contributed by atoms with Crippen LogP contribution in [0.4, 0.5) is 0 Å². The molecule has 15 heavy (non-hydrogen) atoms. The Morgan fingerprint density at radius 1 is 1.40 bits per heavy atom. The van der Waals surface area contributed by atoms with Crippen LogP contribution in [-0.2, 0) is 4.84 Å². The van der Waals surface area contributed by atoms with Crippen LogP contribution in [0, 0.1) is 12.8 Å². The van der Waals surface area contributed by atoms with Crippen molar-refractivity contribution in [1.29, 1.82) is 0 Å². The van der Waals surface area contributed by atoms with Gasteiger partial charge in [0.2, 0.25) is 0 Å². The standard InChI is InChI=1S/C12H23N2O/c1-4-10(2)14-15-9-11-5-7-12(13-3)8-6-11/h11-13H,1,4-9H2,2-3H3/q+1/b14-10-. The van der Waals surface area contributed by atoms with Gasteiger partial charge in [-0.2, -0.15) is 0 Å². The molecule has 0 unspecified atom stereocenters. The van der Waals surface area contributed by atoms with E-state index in [0.717, 1.165) is 18.7 Å². The minimum atomic E-state index is 0.691. The molecule has 1 fully saturated rings. The van der Waals surface area contributed by atoms with Gasteiger partial charge in [0.1, 0.15) is 13.0 Å². The van der Waals surface area contributed by atoms with E-state index >= 15 is 0 Å². The third kappa shape index (κ3) is 4.56. The Morgan fingerprint density at radius 3 is 2.60 bits per heavy atom. The molecule has 0 aromatic carbocycles. The molecular weight excluding hydrogens is 188 g/mol. The van der Waals surface area contributed by atoms with Crippen molar-refractivity contribution >= 4 is 5.71 Å². The third-order valence-corrected chi connectivity index (χ3v) is 3.15. The molecule has 0 bridgehead atoms. The fourth-order valence-corrected chi connectivity index (χ4v) is 1.92. The number of nitrogens with one attached hydrogen (secondary N) is 1. The smallest absolute Gasteiger partial charge is 0.126 e. The van der Waals surface area contributed by atoms with Gasteiger partial charge in [0.05, 0.1) is 12.6 Å². The van der Waals surface area contributed by atoms with E-state index in [-0.39, 0.29) is 0 Å². The van der Waals surface area contributed by atoms with Crippen LogP contribution >= 0.6 is 0 Å². The normalized spacial score (nSPS) is 27.7. The van der Waals surface area contributed by atoms with E-state index in [1.165, 1.54) is 25.7 Å². The second-order valence-corrected chi connectivity index (χ2v) is 4.38. The van der Waals surface area contributed by atoms with Gasteiger partial charge in [0.25, 0.3) is 0 Å². The van der Waals surface area contributed by atoms with Crippen molar-refractivity contribution in [2.45, 2.75) is 45.1 Å². The maximum absolute atomic E-state index is 5.32. The largest absolute Gasteiger partial charge is 0.395 e. The molecule has 0 radical (unpaired) electrons. The highest BCUT2D eigenvalue weighted by Gasteiger charge is 2.20. The molecule has 0 saturated heterocycles. The zero-order valence-corrected chi connectivity index (χ0v) is 9.96. The van der Waals surface area contributed by atoms with Gasteiger partial charge in [0, 0.05) is 6.04 Å². The minimum absolute atomic E-state index is 0.691. The van der Waals surface area contributed by atoms with Gasteiger partial charge < -0.3 is 10.2 Å². The lowest BCUT2D eigenvalue weighted by Gasteiger charge is -2.27. The summed E-state index contributed by atoms with van der Waals surface area (Å²) in [4.78, 5) is 5.32. The Balaban J connectivity index is 2.13. The van der Waals surface area contributed by atoms with Crippen molar-refractivity contribution in [3.05, 3.63) is 6.92 Å². The average molecular weight is 211 g/mol. The average Bonchev–Trinajstić information content (AvgIpc) is 2.29. The summed E-state index contributed by atoms with van der Waals surface area (Å²) in [6, 6.07) is 0.714. The molecule has 3 nitrogen and oxygen atoms in total. The molecule has 0 aromatic heterocycles. The first-order valence-corrected chi connectivity index (χ1v) is 5.88. The maximum atomic E-state index is 5.32. The molecule has 1 rings (SSSR count). The SMILES string of the molecule is [CH2+]C/C(C)=N\OCC1CCC(NC)CC1. The van der Waals surface area contributed by atoms with E-state index < -0.39 is 0 Å². The molecule has 1 aliphatic rings. The van der Waals surface area contributed by atoms with Gasteiger partial charge in [-0.3, -0.25) is 0 Å². The highest BCUT2D eigenvalue weighted by Crippen LogP contribution is 2.24. The molecule has 1 aliphatic carbocycles. The predicted molar refractivity (Wildman–Crippen MR) is 63.8 cm³/mol. The summed E-state index contributed by atoms with van der Waals surface area (Å²) in [5.74, 6) is 0.691. The summed E-state index contributed by atoms with van der Waals surface area (Å²) in [6.07, 6.45) is 5.77. The maximum Gasteiger partial charge on any atom is 0.126 e. The lowest BCUT2D eigenvalue weighted by atomic mass is 9.87. The first-order chi connectivity index (χ1) is 7.26. The number of nitrogens with zero attached hydrogens (tertiary/aromatic N) is 1. The number of hydrogen-bond donors (Lipinski definition) is 1. The minimum Gasteiger partial charge on any atom is -0.395 e. The van der Waals surface area contributed by atoms with E-state index in [4.69, 9.17) is 4.84 Å². The van der Waals surface area contributed by atoms with Crippen molar-refractivity contribution in [1.82, 2.24) is 5.32 Å². The van der Waals surface area contributed by atoms with E-state index in [9.17, 15) is 0 Å². The zero-order valence-electron chi connectivity index (χ0n) is 9.96. The molecule has 1 N–H and O–H groups in total. The first kappa shape index (κ1) is 12.4. The summed E-state index contributed by atoms with van der Waals surface area (Å²) >= 11 is 0. The van der Waals surface area contributed by atoms with Gasteiger partial charge in [-0.05, 0) is 45.6 Å². The first-order valence-electron chi connectivity index (χ1n) is 5.88. The molecule has 0 amide bonds. The molecule has 86 valence electrons. The highest BCUT2D eigenvalue weighted by atomic mass is 16.6. The van der Waals surface area contributed by atoms with E-state index in [0.29, 0.717) is 12.0 Å². The summed E-state index contributed by atoms with van der Waals surface area (Å²) in [5.41, 5.74) is 0.971. The Morgan fingerprint density at radius 2 is 2.07 bits per heavy atom. The van der Waals surface area contributed by atoms with Crippen LogP contribution in [-0.4, -0.2) is 25.4 Å². The van der Waals surface area contributed by atoms with E-state index in [1.807, 2.05) is 14.0 Å². The van der Waals surface area contributed by atoms with Crippen LogP contribution in [0.3, 0.4) is 0 Å². The van der Waals surface area contributed by atoms with Gasteiger partial charge >= 0.3 is 0 Å². The lowest BCUT2D eigenvalue weighted by molar-refractivity contribution is 0.0869. The second-order valence-electron chi connectivity index (χ2n) is 4.38. The predicted octanol–water partition coefficient (Wildman–Crippen LogP) is 2.38. The third-order valence-electron chi connectivity index (χ3n) is 3.15. The lowest BCUT2D eigenvalue weighted by Crippen LogP contribution is -2.31. The molecule has 0 aromatic rings. The molecule has 0 spiro atoms. The molecule has 0 atom stereocenters. The quantitative estimate of drug-likeness (QED) is 0.430. The molecule has 0 heterocycles. The van der Waals surface area contributed by atoms with Crippen LogP contribution in [0.5, 0.6) is 0 Å². The Bertz CT molecular complexity index is 196. The fourth-order valence-electron chi connectivity index (χ4n) is 1.92. The number of rotatable bonds is 5. The van der Waals surface area contributed by atoms with E-state index in [2.05, 4.69) is 17.4 Å². The monoisotopic (exact) mass is 211 g/mol. The van der Waals surface area contributed by atoms with Crippen molar-refractivity contribution in [3.8, 4) is 0 Å². The van der Waals surface area contributed by atoms with Crippen LogP contribution in [0.25, 0.3) is 0 Å². The molecule has 0 aliphatic heterocycles. The van der Waals surface area contributed by atoms with Crippen molar-refractivity contribution in [2.75, 3.05) is 13.7 Å². The summed E-state index contributed by atoms with van der Waals surface area (Å²) in [7, 11) is 2.05. The number of hydrogen-bond acceptors (Lipinski definition) is 3. The summed E-state index contributed by atoms with van der Waals surface area (Å²) in [6.45, 7) is 6.47. The van der Waals surface area contributed by atoms with Gasteiger partial charge in [-0.1, -0.05) is 5.16 Å². The molecule has 1 saturated carbocycles.